The summed E-state index contributed by atoms with van der Waals surface area (Å²) < 4.78 is 0. The molecule has 0 spiro atoms. The molecule has 0 aliphatic heterocycles. The molecule has 0 radical (unpaired) electrons. The van der Waals surface area contributed by atoms with E-state index in [0.29, 0.717) is 0 Å². The molecule has 3 N–H and O–H groups in total. The molecule has 1 atom stereocenters. The zero-order valence-electron chi connectivity index (χ0n) is 8.22. The number of fused-ring (bicyclic) bond motifs is 1. The van der Waals surface area contributed by atoms with E-state index in [2.05, 4.69) is 22.0 Å². The van der Waals surface area contributed by atoms with Gasteiger partial charge in [-0.3, -0.25) is 10.8 Å². The first-order valence-corrected chi connectivity index (χ1v) is 4.65. The fourth-order valence-corrected chi connectivity index (χ4v) is 1.40. The summed E-state index contributed by atoms with van der Waals surface area (Å²) in [5.41, 5.74) is 5.12. The predicted molar refractivity (Wildman–Crippen MR) is 59.8 cm³/mol. The Bertz CT molecular complexity index is 481. The lowest BCUT2D eigenvalue weighted by atomic mass is 10.2. The van der Waals surface area contributed by atoms with Crippen LogP contribution in [0.5, 0.6) is 0 Å². The first-order chi connectivity index (χ1) is 7.35. The Morgan fingerprint density at radius 3 is 2.73 bits per heavy atom. The predicted octanol–water partition coefficient (Wildman–Crippen LogP) is 1.32. The number of rotatable bonds is 3. The van der Waals surface area contributed by atoms with Crippen molar-refractivity contribution in [2.75, 3.05) is 0 Å². The molecule has 0 fully saturated rings. The number of hydrazine groups is 1. The summed E-state index contributed by atoms with van der Waals surface area (Å²) in [5, 5.41) is 0. The van der Waals surface area contributed by atoms with Gasteiger partial charge in [0, 0.05) is 0 Å². The number of nitrogens with two attached hydrogens (primary N) is 1. The molecule has 1 heterocycles. The number of hydrogen-bond donors (Lipinski definition) is 2. The first kappa shape index (κ1) is 9.76. The van der Waals surface area contributed by atoms with Crippen LogP contribution in [0.15, 0.2) is 43.1 Å². The highest BCUT2D eigenvalue weighted by atomic mass is 15.2. The summed E-state index contributed by atoms with van der Waals surface area (Å²) in [4.78, 5) is 8.73. The van der Waals surface area contributed by atoms with Crippen LogP contribution >= 0.6 is 0 Å². The smallest absolute Gasteiger partial charge is 0.0891 e. The molecule has 0 saturated carbocycles. The lowest BCUT2D eigenvalue weighted by Gasteiger charge is -2.10. The van der Waals surface area contributed by atoms with E-state index in [0.717, 1.165) is 16.7 Å². The molecule has 0 bridgehead atoms. The summed E-state index contributed by atoms with van der Waals surface area (Å²) >= 11 is 0. The molecule has 1 aromatic heterocycles. The van der Waals surface area contributed by atoms with Gasteiger partial charge >= 0.3 is 0 Å². The zero-order valence-corrected chi connectivity index (χ0v) is 8.22. The average Bonchev–Trinajstić information content (AvgIpc) is 2.30. The van der Waals surface area contributed by atoms with Gasteiger partial charge in [-0.05, 0) is 12.1 Å². The van der Waals surface area contributed by atoms with Crippen molar-refractivity contribution < 1.29 is 0 Å². The van der Waals surface area contributed by atoms with Gasteiger partial charge in [-0.25, -0.2) is 10.4 Å². The van der Waals surface area contributed by atoms with Crippen LogP contribution in [0.4, 0.5) is 0 Å². The molecule has 15 heavy (non-hydrogen) atoms. The summed E-state index contributed by atoms with van der Waals surface area (Å²) in [7, 11) is 0. The highest BCUT2D eigenvalue weighted by Crippen LogP contribution is 2.13. The van der Waals surface area contributed by atoms with Crippen molar-refractivity contribution in [3.63, 3.8) is 0 Å². The van der Waals surface area contributed by atoms with Crippen LogP contribution in [0, 0.1) is 0 Å². The molecule has 2 aromatic rings. The topological polar surface area (TPSA) is 63.8 Å². The van der Waals surface area contributed by atoms with Crippen molar-refractivity contribution in [2.45, 2.75) is 6.04 Å². The van der Waals surface area contributed by atoms with E-state index in [-0.39, 0.29) is 6.04 Å². The number of nitrogens with zero attached hydrogens (tertiary/aromatic N) is 2. The largest absolute Gasteiger partial charge is 0.271 e. The van der Waals surface area contributed by atoms with Crippen LogP contribution < -0.4 is 11.3 Å². The van der Waals surface area contributed by atoms with E-state index in [1.807, 2.05) is 24.3 Å². The number of benzene rings is 1. The monoisotopic (exact) mass is 200 g/mol. The van der Waals surface area contributed by atoms with Gasteiger partial charge in [0.25, 0.3) is 0 Å². The van der Waals surface area contributed by atoms with Crippen molar-refractivity contribution in [1.29, 1.82) is 0 Å². The van der Waals surface area contributed by atoms with E-state index in [1.54, 1.807) is 12.3 Å². The van der Waals surface area contributed by atoms with E-state index in [4.69, 9.17) is 5.84 Å². The first-order valence-electron chi connectivity index (χ1n) is 4.65. The Morgan fingerprint density at radius 2 is 2.07 bits per heavy atom. The van der Waals surface area contributed by atoms with Crippen LogP contribution in [0.1, 0.15) is 11.7 Å². The van der Waals surface area contributed by atoms with Crippen molar-refractivity contribution in [3.05, 3.63) is 48.8 Å². The minimum atomic E-state index is -0.165. The summed E-state index contributed by atoms with van der Waals surface area (Å²) in [5.74, 6) is 5.37. The summed E-state index contributed by atoms with van der Waals surface area (Å²) in [6.45, 7) is 3.68. The molecular weight excluding hydrogens is 188 g/mol. The second-order valence-corrected chi connectivity index (χ2v) is 3.16. The van der Waals surface area contributed by atoms with Crippen LogP contribution in [0.25, 0.3) is 11.0 Å². The van der Waals surface area contributed by atoms with Gasteiger partial charge in [0.15, 0.2) is 0 Å². The van der Waals surface area contributed by atoms with Crippen LogP contribution in [-0.2, 0) is 0 Å². The molecular formula is C11H12N4. The second-order valence-electron chi connectivity index (χ2n) is 3.16. The third kappa shape index (κ3) is 1.86. The van der Waals surface area contributed by atoms with Gasteiger partial charge < -0.3 is 0 Å². The Morgan fingerprint density at radius 1 is 1.33 bits per heavy atom. The Labute approximate surface area is 87.8 Å². The Kier molecular flexibility index (Phi) is 2.71. The Hall–Kier alpha value is -1.78. The second kappa shape index (κ2) is 4.16. The zero-order chi connectivity index (χ0) is 10.7. The third-order valence-electron chi connectivity index (χ3n) is 2.20. The molecule has 0 aliphatic rings. The Balaban J connectivity index is 2.50. The van der Waals surface area contributed by atoms with Crippen molar-refractivity contribution in [1.82, 2.24) is 15.4 Å². The maximum Gasteiger partial charge on any atom is 0.0891 e. The van der Waals surface area contributed by atoms with Crippen molar-refractivity contribution in [2.24, 2.45) is 5.84 Å². The lowest BCUT2D eigenvalue weighted by molar-refractivity contribution is 0.639. The number of hydrogen-bond acceptors (Lipinski definition) is 4. The fraction of sp³-hybridized carbons (Fsp3) is 0.0909. The normalized spacial score (nSPS) is 12.6. The molecule has 2 rings (SSSR count). The number of para-hydroxylation sites is 2. The van der Waals surface area contributed by atoms with E-state index >= 15 is 0 Å². The van der Waals surface area contributed by atoms with Crippen LogP contribution in [-0.4, -0.2) is 9.97 Å². The van der Waals surface area contributed by atoms with E-state index in [9.17, 15) is 0 Å². The molecule has 4 heteroatoms. The van der Waals surface area contributed by atoms with Gasteiger partial charge in [0.05, 0.1) is 29.0 Å². The van der Waals surface area contributed by atoms with Gasteiger partial charge in [0.1, 0.15) is 0 Å². The molecule has 4 nitrogen and oxygen atoms in total. The quantitative estimate of drug-likeness (QED) is 0.445. The maximum atomic E-state index is 5.37. The molecule has 1 unspecified atom stereocenters. The van der Waals surface area contributed by atoms with Crippen LogP contribution in [0.3, 0.4) is 0 Å². The summed E-state index contributed by atoms with van der Waals surface area (Å²) in [6, 6.07) is 7.54. The van der Waals surface area contributed by atoms with Gasteiger partial charge in [-0.15, -0.1) is 6.58 Å². The fourth-order valence-electron chi connectivity index (χ4n) is 1.40. The minimum Gasteiger partial charge on any atom is -0.271 e. The third-order valence-corrected chi connectivity index (χ3v) is 2.20. The van der Waals surface area contributed by atoms with Gasteiger partial charge in [-0.2, -0.15) is 0 Å². The lowest BCUT2D eigenvalue weighted by Crippen LogP contribution is -2.27. The highest BCUT2D eigenvalue weighted by Gasteiger charge is 2.07. The van der Waals surface area contributed by atoms with Gasteiger partial charge in [0.2, 0.25) is 0 Å². The molecule has 0 amide bonds. The average molecular weight is 200 g/mol. The van der Waals surface area contributed by atoms with Crippen molar-refractivity contribution in [3.8, 4) is 0 Å². The molecule has 0 aliphatic carbocycles. The van der Waals surface area contributed by atoms with E-state index < -0.39 is 0 Å². The minimum absolute atomic E-state index is 0.165. The van der Waals surface area contributed by atoms with Crippen molar-refractivity contribution >= 4 is 11.0 Å². The molecule has 76 valence electrons. The van der Waals surface area contributed by atoms with E-state index in [1.165, 1.54) is 0 Å². The highest BCUT2D eigenvalue weighted by molar-refractivity contribution is 5.73. The molecule has 0 saturated heterocycles. The van der Waals surface area contributed by atoms with Crippen LogP contribution in [0.2, 0.25) is 0 Å². The maximum absolute atomic E-state index is 5.37. The SMILES string of the molecule is C=CC(NN)c1cnc2ccccc2n1. The standard InChI is InChI=1S/C11H12N4/c1-2-8(15-12)11-7-13-9-5-3-4-6-10(9)14-11/h2-8,15H,1,12H2. The summed E-state index contributed by atoms with van der Waals surface area (Å²) in [6.07, 6.45) is 3.40. The van der Waals surface area contributed by atoms with Gasteiger partial charge in [-0.1, -0.05) is 18.2 Å². The number of aromatic nitrogens is 2. The number of nitrogens with one attached hydrogen (secondary N) is 1. The molecule has 1 aromatic carbocycles.